The Hall–Kier alpha value is -2.99. The van der Waals surface area contributed by atoms with Gasteiger partial charge in [-0.05, 0) is 68.1 Å². The summed E-state index contributed by atoms with van der Waals surface area (Å²) in [6.07, 6.45) is 0. The van der Waals surface area contributed by atoms with Crippen LogP contribution in [0.4, 0.5) is 4.79 Å². The first-order valence-electron chi connectivity index (χ1n) is 10.1. The number of esters is 1. The van der Waals surface area contributed by atoms with E-state index in [-0.39, 0.29) is 19.2 Å². The van der Waals surface area contributed by atoms with Crippen molar-refractivity contribution in [1.82, 2.24) is 10.2 Å². The van der Waals surface area contributed by atoms with Crippen LogP contribution in [0.15, 0.2) is 47.7 Å². The Labute approximate surface area is 187 Å². The summed E-state index contributed by atoms with van der Waals surface area (Å²) >= 11 is 6.16. The predicted molar refractivity (Wildman–Crippen MR) is 120 cm³/mol. The SMILES string of the molecule is CCOC(=O)C1=C(COc2cc(C)cc(C)c2C)N(C)C(=O)N[C@@H]1c1cccc(Cl)c1. The quantitative estimate of drug-likeness (QED) is 0.649. The summed E-state index contributed by atoms with van der Waals surface area (Å²) in [6.45, 7) is 8.00. The smallest absolute Gasteiger partial charge is 0.338 e. The molecule has 0 bridgehead atoms. The molecule has 164 valence electrons. The third kappa shape index (κ3) is 4.85. The highest BCUT2D eigenvalue weighted by Crippen LogP contribution is 2.33. The summed E-state index contributed by atoms with van der Waals surface area (Å²) < 4.78 is 11.4. The van der Waals surface area contributed by atoms with E-state index >= 15 is 0 Å². The minimum absolute atomic E-state index is 0.0405. The van der Waals surface area contributed by atoms with Crippen LogP contribution in [0.25, 0.3) is 0 Å². The summed E-state index contributed by atoms with van der Waals surface area (Å²) in [6, 6.07) is 10.1. The highest BCUT2D eigenvalue weighted by molar-refractivity contribution is 6.30. The van der Waals surface area contributed by atoms with Crippen molar-refractivity contribution in [2.24, 2.45) is 0 Å². The second kappa shape index (κ2) is 9.43. The molecule has 1 aliphatic heterocycles. The highest BCUT2D eigenvalue weighted by Gasteiger charge is 2.37. The van der Waals surface area contributed by atoms with Crippen LogP contribution in [-0.2, 0) is 9.53 Å². The van der Waals surface area contributed by atoms with Gasteiger partial charge >= 0.3 is 12.0 Å². The molecule has 7 heteroatoms. The lowest BCUT2D eigenvalue weighted by Crippen LogP contribution is -2.48. The molecular formula is C24H27ClN2O4. The van der Waals surface area contributed by atoms with E-state index in [4.69, 9.17) is 21.1 Å². The van der Waals surface area contributed by atoms with E-state index in [1.54, 1.807) is 32.2 Å². The van der Waals surface area contributed by atoms with Crippen molar-refractivity contribution < 1.29 is 19.1 Å². The van der Waals surface area contributed by atoms with E-state index in [2.05, 4.69) is 11.4 Å². The second-order valence-electron chi connectivity index (χ2n) is 7.57. The molecule has 1 N–H and O–H groups in total. The number of amides is 2. The summed E-state index contributed by atoms with van der Waals surface area (Å²) in [5, 5.41) is 3.38. The van der Waals surface area contributed by atoms with Gasteiger partial charge in [-0.25, -0.2) is 9.59 Å². The lowest BCUT2D eigenvalue weighted by atomic mass is 9.94. The zero-order valence-electron chi connectivity index (χ0n) is 18.4. The van der Waals surface area contributed by atoms with Crippen molar-refractivity contribution in [3.8, 4) is 5.75 Å². The highest BCUT2D eigenvalue weighted by atomic mass is 35.5. The largest absolute Gasteiger partial charge is 0.487 e. The molecule has 0 unspecified atom stereocenters. The van der Waals surface area contributed by atoms with Crippen LogP contribution in [0.3, 0.4) is 0 Å². The third-order valence-electron chi connectivity index (χ3n) is 5.38. The summed E-state index contributed by atoms with van der Waals surface area (Å²) in [5.74, 6) is 0.210. The van der Waals surface area contributed by atoms with Gasteiger partial charge in [0.25, 0.3) is 0 Å². The Morgan fingerprint density at radius 3 is 2.61 bits per heavy atom. The summed E-state index contributed by atoms with van der Waals surface area (Å²) in [4.78, 5) is 27.1. The lowest BCUT2D eigenvalue weighted by Gasteiger charge is -2.34. The van der Waals surface area contributed by atoms with E-state index in [0.717, 1.165) is 16.7 Å². The van der Waals surface area contributed by atoms with Gasteiger partial charge in [-0.1, -0.05) is 29.8 Å². The Morgan fingerprint density at radius 2 is 1.94 bits per heavy atom. The number of nitrogens with zero attached hydrogens (tertiary/aromatic N) is 1. The van der Waals surface area contributed by atoms with Gasteiger partial charge in [-0.15, -0.1) is 0 Å². The standard InChI is InChI=1S/C24H27ClN2O4/c1-6-30-23(28)21-19(13-31-20-11-14(2)10-15(3)16(20)4)27(5)24(29)26-22(21)17-8-7-9-18(25)12-17/h7-12,22H,6,13H2,1-5H3,(H,26,29)/t22-/m1/s1. The first-order valence-corrected chi connectivity index (χ1v) is 10.5. The van der Waals surface area contributed by atoms with Crippen LogP contribution < -0.4 is 10.1 Å². The first-order chi connectivity index (χ1) is 14.7. The topological polar surface area (TPSA) is 67.9 Å². The van der Waals surface area contributed by atoms with Crippen LogP contribution in [0.2, 0.25) is 5.02 Å². The molecule has 1 heterocycles. The van der Waals surface area contributed by atoms with Gasteiger partial charge < -0.3 is 14.8 Å². The van der Waals surface area contributed by atoms with Gasteiger partial charge in [0.15, 0.2) is 0 Å². The molecule has 3 rings (SSSR count). The van der Waals surface area contributed by atoms with Crippen molar-refractivity contribution in [2.75, 3.05) is 20.3 Å². The number of urea groups is 1. The minimum Gasteiger partial charge on any atom is -0.487 e. The van der Waals surface area contributed by atoms with Crippen molar-refractivity contribution in [3.05, 3.63) is 74.9 Å². The molecule has 6 nitrogen and oxygen atoms in total. The Bertz CT molecular complexity index is 1050. The molecule has 0 aliphatic carbocycles. The molecular weight excluding hydrogens is 416 g/mol. The Balaban J connectivity index is 2.07. The molecule has 1 atom stereocenters. The van der Waals surface area contributed by atoms with Gasteiger partial charge in [-0.3, -0.25) is 4.90 Å². The van der Waals surface area contributed by atoms with E-state index in [1.165, 1.54) is 4.90 Å². The molecule has 0 fully saturated rings. The number of aryl methyl sites for hydroxylation is 2. The van der Waals surface area contributed by atoms with Crippen LogP contribution in [0.1, 0.15) is 35.2 Å². The Morgan fingerprint density at radius 1 is 1.19 bits per heavy atom. The van der Waals surface area contributed by atoms with E-state index < -0.39 is 12.0 Å². The van der Waals surface area contributed by atoms with E-state index in [1.807, 2.05) is 32.9 Å². The third-order valence-corrected chi connectivity index (χ3v) is 5.62. The number of hydrogen-bond donors (Lipinski definition) is 1. The lowest BCUT2D eigenvalue weighted by molar-refractivity contribution is -0.139. The van der Waals surface area contributed by atoms with Crippen molar-refractivity contribution in [3.63, 3.8) is 0 Å². The molecule has 2 amide bonds. The predicted octanol–water partition coefficient (Wildman–Crippen LogP) is 4.86. The molecule has 2 aromatic carbocycles. The molecule has 0 radical (unpaired) electrons. The van der Waals surface area contributed by atoms with E-state index in [0.29, 0.717) is 27.6 Å². The van der Waals surface area contributed by atoms with Crippen LogP contribution >= 0.6 is 11.6 Å². The van der Waals surface area contributed by atoms with Gasteiger partial charge in [0, 0.05) is 12.1 Å². The van der Waals surface area contributed by atoms with Crippen LogP contribution in [0.5, 0.6) is 5.75 Å². The van der Waals surface area contributed by atoms with Crippen molar-refractivity contribution >= 4 is 23.6 Å². The zero-order valence-corrected chi connectivity index (χ0v) is 19.2. The second-order valence-corrected chi connectivity index (χ2v) is 8.01. The number of carbonyl (C=O) groups is 2. The number of benzene rings is 2. The molecule has 0 spiro atoms. The van der Waals surface area contributed by atoms with E-state index in [9.17, 15) is 9.59 Å². The number of ether oxygens (including phenoxy) is 2. The van der Waals surface area contributed by atoms with Crippen LogP contribution in [-0.4, -0.2) is 37.2 Å². The van der Waals surface area contributed by atoms with Crippen molar-refractivity contribution in [1.29, 1.82) is 0 Å². The number of carbonyl (C=O) groups excluding carboxylic acids is 2. The van der Waals surface area contributed by atoms with Gasteiger partial charge in [0.1, 0.15) is 12.4 Å². The number of halogens is 1. The van der Waals surface area contributed by atoms with Crippen molar-refractivity contribution in [2.45, 2.75) is 33.7 Å². The monoisotopic (exact) mass is 442 g/mol. The molecule has 0 aromatic heterocycles. The summed E-state index contributed by atoms with van der Waals surface area (Å²) in [5.41, 5.74) is 4.67. The first kappa shape index (κ1) is 22.7. The fraction of sp³-hybridized carbons (Fsp3) is 0.333. The molecule has 0 saturated heterocycles. The molecule has 2 aromatic rings. The minimum atomic E-state index is -0.694. The average Bonchev–Trinajstić information content (AvgIpc) is 2.72. The zero-order chi connectivity index (χ0) is 22.7. The fourth-order valence-electron chi connectivity index (χ4n) is 3.61. The van der Waals surface area contributed by atoms with Gasteiger partial charge in [0.05, 0.1) is 23.9 Å². The summed E-state index contributed by atoms with van der Waals surface area (Å²) in [7, 11) is 1.61. The number of hydrogen-bond acceptors (Lipinski definition) is 4. The normalized spacial score (nSPS) is 16.3. The molecule has 0 saturated carbocycles. The number of rotatable bonds is 6. The number of nitrogens with one attached hydrogen (secondary N) is 1. The molecule has 31 heavy (non-hydrogen) atoms. The van der Waals surface area contributed by atoms with Crippen LogP contribution in [0, 0.1) is 20.8 Å². The maximum absolute atomic E-state index is 13.0. The van der Waals surface area contributed by atoms with Gasteiger partial charge in [-0.2, -0.15) is 0 Å². The Kier molecular flexibility index (Phi) is 6.91. The maximum Gasteiger partial charge on any atom is 0.338 e. The van der Waals surface area contributed by atoms with Gasteiger partial charge in [0.2, 0.25) is 0 Å². The maximum atomic E-state index is 13.0. The fourth-order valence-corrected chi connectivity index (χ4v) is 3.81. The molecule has 1 aliphatic rings. The number of likely N-dealkylation sites (N-methyl/N-ethyl adjacent to an activating group) is 1. The average molecular weight is 443 g/mol.